The topological polar surface area (TPSA) is 40.2 Å². The van der Waals surface area contributed by atoms with Crippen LogP contribution in [-0.4, -0.2) is 82.7 Å². The Balaban J connectivity index is 1.88. The number of hydrogen-bond acceptors (Lipinski definition) is 5. The predicted octanol–water partition coefficient (Wildman–Crippen LogP) is 0.762. The molecule has 108 valence electrons. The molecule has 0 N–H and O–H groups in total. The van der Waals surface area contributed by atoms with Gasteiger partial charge in [0.15, 0.2) is 0 Å². The highest BCUT2D eigenvalue weighted by molar-refractivity contribution is 9.09. The zero-order valence-corrected chi connectivity index (χ0v) is 12.7. The Morgan fingerprint density at radius 3 is 2.61 bits per heavy atom. The summed E-state index contributed by atoms with van der Waals surface area (Å²) in [5, 5.41) is 0.900. The van der Waals surface area contributed by atoms with Gasteiger partial charge in [0.2, 0.25) is 0 Å². The van der Waals surface area contributed by atoms with Crippen LogP contribution in [0.1, 0.15) is 0 Å². The zero-order valence-electron chi connectivity index (χ0n) is 11.1. The van der Waals surface area contributed by atoms with Crippen molar-refractivity contribution in [3.8, 4) is 0 Å². The van der Waals surface area contributed by atoms with Crippen LogP contribution in [0.2, 0.25) is 0 Å². The first-order valence-electron chi connectivity index (χ1n) is 6.41. The van der Waals surface area contributed by atoms with Gasteiger partial charge in [0.25, 0.3) is 0 Å². The molecule has 0 spiro atoms. The first kappa shape index (κ1) is 16.3. The fraction of sp³-hybridized carbons (Fsp3) is 1.00. The maximum Gasteiger partial charge on any atom is 0.0799 e. The van der Waals surface area contributed by atoms with Gasteiger partial charge in [-0.2, -0.15) is 0 Å². The van der Waals surface area contributed by atoms with Gasteiger partial charge < -0.3 is 18.9 Å². The van der Waals surface area contributed by atoms with Crippen molar-refractivity contribution in [1.29, 1.82) is 0 Å². The van der Waals surface area contributed by atoms with Gasteiger partial charge in [0.1, 0.15) is 0 Å². The summed E-state index contributed by atoms with van der Waals surface area (Å²) in [7, 11) is 1.67. The first-order valence-corrected chi connectivity index (χ1v) is 7.53. The van der Waals surface area contributed by atoms with Gasteiger partial charge in [0.05, 0.1) is 45.7 Å². The lowest BCUT2D eigenvalue weighted by Gasteiger charge is -2.31. The second kappa shape index (κ2) is 11.1. The van der Waals surface area contributed by atoms with E-state index in [1.165, 1.54) is 0 Å². The van der Waals surface area contributed by atoms with Gasteiger partial charge >= 0.3 is 0 Å². The lowest BCUT2D eigenvalue weighted by atomic mass is 10.3. The Kier molecular flexibility index (Phi) is 10.1. The van der Waals surface area contributed by atoms with Crippen molar-refractivity contribution >= 4 is 15.9 Å². The Hall–Kier alpha value is 0.280. The molecule has 1 rings (SSSR count). The minimum Gasteiger partial charge on any atom is -0.382 e. The normalized spacial score (nSPS) is 21.3. The third kappa shape index (κ3) is 7.66. The highest BCUT2D eigenvalue weighted by Gasteiger charge is 2.18. The highest BCUT2D eigenvalue weighted by Crippen LogP contribution is 2.06. The molecule has 6 heteroatoms. The number of hydrogen-bond donors (Lipinski definition) is 0. The number of methoxy groups -OCH3 is 1. The van der Waals surface area contributed by atoms with E-state index in [1.807, 2.05) is 0 Å². The van der Waals surface area contributed by atoms with E-state index >= 15 is 0 Å². The van der Waals surface area contributed by atoms with Crippen molar-refractivity contribution < 1.29 is 18.9 Å². The van der Waals surface area contributed by atoms with E-state index in [4.69, 9.17) is 18.9 Å². The lowest BCUT2D eigenvalue weighted by Crippen LogP contribution is -2.44. The van der Waals surface area contributed by atoms with Crippen molar-refractivity contribution in [1.82, 2.24) is 4.90 Å². The smallest absolute Gasteiger partial charge is 0.0799 e. The van der Waals surface area contributed by atoms with Crippen LogP contribution < -0.4 is 0 Å². The standard InChI is InChI=1S/C12H24BrNO4/c1-15-6-7-17-9-8-16-4-2-14-3-5-18-12(10-13)11-14/h12H,2-11H2,1H3. The molecular formula is C12H24BrNO4. The fourth-order valence-electron chi connectivity index (χ4n) is 1.73. The maximum absolute atomic E-state index is 5.58. The molecule has 0 aromatic rings. The summed E-state index contributed by atoms with van der Waals surface area (Å²) in [5.74, 6) is 0. The molecular weight excluding hydrogens is 302 g/mol. The minimum absolute atomic E-state index is 0.316. The van der Waals surface area contributed by atoms with E-state index in [9.17, 15) is 0 Å². The Bertz CT molecular complexity index is 197. The molecule has 0 aliphatic carbocycles. The number of rotatable bonds is 10. The molecule has 0 bridgehead atoms. The summed E-state index contributed by atoms with van der Waals surface area (Å²) >= 11 is 3.45. The molecule has 1 aliphatic rings. The van der Waals surface area contributed by atoms with E-state index in [-0.39, 0.29) is 0 Å². The number of halogens is 1. The van der Waals surface area contributed by atoms with Gasteiger partial charge in [-0.15, -0.1) is 0 Å². The van der Waals surface area contributed by atoms with E-state index < -0.39 is 0 Å². The van der Waals surface area contributed by atoms with Gasteiger partial charge in [-0.25, -0.2) is 0 Å². The van der Waals surface area contributed by atoms with Gasteiger partial charge in [-0.05, 0) is 0 Å². The largest absolute Gasteiger partial charge is 0.382 e. The number of morpholine rings is 1. The van der Waals surface area contributed by atoms with E-state index in [2.05, 4.69) is 20.8 Å². The molecule has 0 saturated carbocycles. The third-order valence-electron chi connectivity index (χ3n) is 2.75. The summed E-state index contributed by atoms with van der Waals surface area (Å²) in [6.07, 6.45) is 0.316. The van der Waals surface area contributed by atoms with Gasteiger partial charge in [-0.3, -0.25) is 4.90 Å². The van der Waals surface area contributed by atoms with Crippen molar-refractivity contribution in [3.05, 3.63) is 0 Å². The first-order chi connectivity index (χ1) is 8.86. The van der Waals surface area contributed by atoms with Crippen molar-refractivity contribution in [2.24, 2.45) is 0 Å². The van der Waals surface area contributed by atoms with Crippen LogP contribution in [0, 0.1) is 0 Å². The Morgan fingerprint density at radius 2 is 1.89 bits per heavy atom. The van der Waals surface area contributed by atoms with Crippen LogP contribution in [0.15, 0.2) is 0 Å². The van der Waals surface area contributed by atoms with E-state index in [0.29, 0.717) is 32.5 Å². The Morgan fingerprint density at radius 1 is 1.17 bits per heavy atom. The monoisotopic (exact) mass is 325 g/mol. The molecule has 0 aromatic carbocycles. The summed E-state index contributed by atoms with van der Waals surface area (Å²) in [6, 6.07) is 0. The van der Waals surface area contributed by atoms with Crippen molar-refractivity contribution in [2.45, 2.75) is 6.10 Å². The molecule has 18 heavy (non-hydrogen) atoms. The predicted molar refractivity (Wildman–Crippen MR) is 73.5 cm³/mol. The maximum atomic E-state index is 5.58. The highest BCUT2D eigenvalue weighted by atomic mass is 79.9. The molecule has 1 heterocycles. The van der Waals surface area contributed by atoms with Crippen LogP contribution in [-0.2, 0) is 18.9 Å². The quantitative estimate of drug-likeness (QED) is 0.438. The summed E-state index contributed by atoms with van der Waals surface area (Å²) in [5.41, 5.74) is 0. The minimum atomic E-state index is 0.316. The van der Waals surface area contributed by atoms with Gasteiger partial charge in [-0.1, -0.05) is 15.9 Å². The third-order valence-corrected chi connectivity index (χ3v) is 3.47. The van der Waals surface area contributed by atoms with E-state index in [1.54, 1.807) is 7.11 Å². The molecule has 1 aliphatic heterocycles. The van der Waals surface area contributed by atoms with Crippen LogP contribution in [0.25, 0.3) is 0 Å². The van der Waals surface area contributed by atoms with Crippen LogP contribution in [0.4, 0.5) is 0 Å². The fourth-order valence-corrected chi connectivity index (χ4v) is 2.13. The van der Waals surface area contributed by atoms with Crippen LogP contribution in [0.3, 0.4) is 0 Å². The molecule has 5 nitrogen and oxygen atoms in total. The van der Waals surface area contributed by atoms with Crippen molar-refractivity contribution in [3.63, 3.8) is 0 Å². The van der Waals surface area contributed by atoms with Gasteiger partial charge in [0, 0.05) is 32.1 Å². The zero-order chi connectivity index (χ0) is 13.1. The van der Waals surface area contributed by atoms with E-state index in [0.717, 1.165) is 38.2 Å². The molecule has 1 unspecified atom stereocenters. The summed E-state index contributed by atoms with van der Waals surface area (Å²) in [6.45, 7) is 7.07. The molecule has 1 saturated heterocycles. The summed E-state index contributed by atoms with van der Waals surface area (Å²) in [4.78, 5) is 2.38. The molecule has 0 amide bonds. The molecule has 0 aromatic heterocycles. The number of alkyl halides is 1. The molecule has 0 radical (unpaired) electrons. The average molecular weight is 326 g/mol. The summed E-state index contributed by atoms with van der Waals surface area (Å²) < 4.78 is 21.3. The average Bonchev–Trinajstić information content (AvgIpc) is 2.42. The Labute approximate surface area is 118 Å². The SMILES string of the molecule is COCCOCCOCCN1CCOC(CBr)C1. The second-order valence-electron chi connectivity index (χ2n) is 4.17. The number of ether oxygens (including phenoxy) is 4. The molecule has 1 fully saturated rings. The number of nitrogens with zero attached hydrogens (tertiary/aromatic N) is 1. The van der Waals surface area contributed by atoms with Crippen LogP contribution in [0.5, 0.6) is 0 Å². The van der Waals surface area contributed by atoms with Crippen LogP contribution >= 0.6 is 15.9 Å². The second-order valence-corrected chi connectivity index (χ2v) is 4.81. The van der Waals surface area contributed by atoms with Crippen molar-refractivity contribution in [2.75, 3.05) is 71.7 Å². The molecule has 1 atom stereocenters. The lowest BCUT2D eigenvalue weighted by molar-refractivity contribution is -0.0289.